The summed E-state index contributed by atoms with van der Waals surface area (Å²) >= 11 is 0. The van der Waals surface area contributed by atoms with Crippen LogP contribution in [0.4, 0.5) is 22.7 Å². The van der Waals surface area contributed by atoms with Gasteiger partial charge in [-0.25, -0.2) is 0 Å². The van der Waals surface area contributed by atoms with Gasteiger partial charge in [0.25, 0.3) is 5.91 Å². The molecule has 0 spiro atoms. The summed E-state index contributed by atoms with van der Waals surface area (Å²) in [6, 6.07) is 23.4. The van der Waals surface area contributed by atoms with Gasteiger partial charge in [0, 0.05) is 35.4 Å². The second-order valence-electron chi connectivity index (χ2n) is 8.22. The molecule has 0 saturated carbocycles. The van der Waals surface area contributed by atoms with E-state index in [0.717, 1.165) is 39.0 Å². The predicted molar refractivity (Wildman–Crippen MR) is 136 cm³/mol. The van der Waals surface area contributed by atoms with Gasteiger partial charge in [-0.1, -0.05) is 42.5 Å². The highest BCUT2D eigenvalue weighted by atomic mass is 16.3. The van der Waals surface area contributed by atoms with Gasteiger partial charge >= 0.3 is 0 Å². The molecule has 33 heavy (non-hydrogen) atoms. The van der Waals surface area contributed by atoms with E-state index in [0.29, 0.717) is 17.8 Å². The van der Waals surface area contributed by atoms with Crippen molar-refractivity contribution in [3.05, 3.63) is 102 Å². The van der Waals surface area contributed by atoms with Crippen LogP contribution in [0.25, 0.3) is 10.8 Å². The molecule has 0 unspecified atom stereocenters. The van der Waals surface area contributed by atoms with Crippen molar-refractivity contribution in [3.63, 3.8) is 0 Å². The van der Waals surface area contributed by atoms with Crippen LogP contribution in [0.5, 0.6) is 5.75 Å². The number of aromatic hydroxyl groups is 1. The lowest BCUT2D eigenvalue weighted by Gasteiger charge is -2.24. The predicted octanol–water partition coefficient (Wildman–Crippen LogP) is 6.49. The molecule has 1 amide bonds. The number of carbonyl (C=O) groups is 1. The van der Waals surface area contributed by atoms with Gasteiger partial charge in [0.15, 0.2) is 0 Å². The second-order valence-corrected chi connectivity index (χ2v) is 8.22. The average Bonchev–Trinajstić information content (AvgIpc) is 3.05. The molecule has 4 aromatic carbocycles. The maximum absolute atomic E-state index is 12.8. The fraction of sp³-hybridized carbons (Fsp3) is 0.107. The highest BCUT2D eigenvalue weighted by Gasteiger charge is 2.18. The van der Waals surface area contributed by atoms with Gasteiger partial charge in [-0.3, -0.25) is 4.79 Å². The van der Waals surface area contributed by atoms with E-state index in [1.54, 1.807) is 18.2 Å². The summed E-state index contributed by atoms with van der Waals surface area (Å²) in [6.07, 6.45) is 4.04. The minimum atomic E-state index is -0.241. The summed E-state index contributed by atoms with van der Waals surface area (Å²) in [5.41, 5.74) is 5.79. The standard InChI is InChI=1S/C28H25N3O2/c1-18-7-5-10-22(19(18)2)28(33)30-24-13-12-21(17-26(24)32)31-16-6-15-29-27-23-9-4-3-8-20(23)11-14-25(27)31/h3-14,16-17,29,32H,15H2,1-2H3,(H,30,33). The number of hydrogen-bond donors (Lipinski definition) is 3. The Morgan fingerprint density at radius 1 is 1.00 bits per heavy atom. The first-order valence-corrected chi connectivity index (χ1v) is 10.9. The van der Waals surface area contributed by atoms with Crippen molar-refractivity contribution in [2.75, 3.05) is 22.1 Å². The van der Waals surface area contributed by atoms with Gasteiger partial charge in [-0.15, -0.1) is 0 Å². The van der Waals surface area contributed by atoms with Crippen molar-refractivity contribution < 1.29 is 9.90 Å². The number of fused-ring (bicyclic) bond motifs is 3. The Morgan fingerprint density at radius 2 is 1.85 bits per heavy atom. The summed E-state index contributed by atoms with van der Waals surface area (Å²) in [4.78, 5) is 14.8. The number of rotatable bonds is 3. The molecule has 5 nitrogen and oxygen atoms in total. The molecule has 3 N–H and O–H groups in total. The molecule has 0 bridgehead atoms. The third kappa shape index (κ3) is 3.78. The van der Waals surface area contributed by atoms with Crippen molar-refractivity contribution in [2.24, 2.45) is 0 Å². The van der Waals surface area contributed by atoms with Gasteiger partial charge < -0.3 is 20.6 Å². The van der Waals surface area contributed by atoms with Crippen LogP contribution in [-0.4, -0.2) is 17.6 Å². The van der Waals surface area contributed by atoms with Gasteiger partial charge in [0.1, 0.15) is 5.75 Å². The van der Waals surface area contributed by atoms with Crippen LogP contribution in [0, 0.1) is 13.8 Å². The zero-order chi connectivity index (χ0) is 22.9. The van der Waals surface area contributed by atoms with E-state index < -0.39 is 0 Å². The monoisotopic (exact) mass is 435 g/mol. The number of aryl methyl sites for hydroxylation is 1. The van der Waals surface area contributed by atoms with Crippen molar-refractivity contribution in [3.8, 4) is 5.75 Å². The number of nitrogens with one attached hydrogen (secondary N) is 2. The fourth-order valence-electron chi connectivity index (χ4n) is 4.23. The summed E-state index contributed by atoms with van der Waals surface area (Å²) in [7, 11) is 0. The van der Waals surface area contributed by atoms with E-state index >= 15 is 0 Å². The molecule has 164 valence electrons. The van der Waals surface area contributed by atoms with E-state index in [9.17, 15) is 9.90 Å². The highest BCUT2D eigenvalue weighted by molar-refractivity contribution is 6.06. The Morgan fingerprint density at radius 3 is 2.70 bits per heavy atom. The number of anilines is 4. The first kappa shape index (κ1) is 20.6. The number of amides is 1. The van der Waals surface area contributed by atoms with E-state index in [-0.39, 0.29) is 11.7 Å². The molecule has 0 fully saturated rings. The van der Waals surface area contributed by atoms with Gasteiger partial charge in [0.05, 0.1) is 17.1 Å². The van der Waals surface area contributed by atoms with Crippen molar-refractivity contribution >= 4 is 39.4 Å². The molecule has 0 saturated heterocycles. The zero-order valence-corrected chi connectivity index (χ0v) is 18.6. The lowest BCUT2D eigenvalue weighted by atomic mass is 10.0. The third-order valence-electron chi connectivity index (χ3n) is 6.17. The molecule has 1 aliphatic rings. The first-order valence-electron chi connectivity index (χ1n) is 10.9. The Bertz CT molecular complexity index is 1410. The molecular formula is C28H25N3O2. The van der Waals surface area contributed by atoms with Crippen LogP contribution in [0.2, 0.25) is 0 Å². The van der Waals surface area contributed by atoms with Crippen molar-refractivity contribution in [1.29, 1.82) is 0 Å². The molecule has 0 aliphatic carbocycles. The normalized spacial score (nSPS) is 12.7. The molecule has 0 atom stereocenters. The molecule has 5 rings (SSSR count). The third-order valence-corrected chi connectivity index (χ3v) is 6.17. The molecule has 4 aromatic rings. The quantitative estimate of drug-likeness (QED) is 0.322. The Hall–Kier alpha value is -4.25. The van der Waals surface area contributed by atoms with Gasteiger partial charge in [-0.2, -0.15) is 0 Å². The largest absolute Gasteiger partial charge is 0.506 e. The maximum atomic E-state index is 12.8. The Kier molecular flexibility index (Phi) is 5.23. The topological polar surface area (TPSA) is 64.6 Å². The zero-order valence-electron chi connectivity index (χ0n) is 18.6. The lowest BCUT2D eigenvalue weighted by Crippen LogP contribution is -2.14. The number of phenols is 1. The van der Waals surface area contributed by atoms with Crippen LogP contribution < -0.4 is 15.5 Å². The van der Waals surface area contributed by atoms with E-state index in [4.69, 9.17) is 0 Å². The molecule has 1 aliphatic heterocycles. The van der Waals surface area contributed by atoms with Crippen LogP contribution >= 0.6 is 0 Å². The van der Waals surface area contributed by atoms with Gasteiger partial charge in [0.2, 0.25) is 0 Å². The fourth-order valence-corrected chi connectivity index (χ4v) is 4.23. The minimum Gasteiger partial charge on any atom is -0.506 e. The SMILES string of the molecule is Cc1cccc(C(=O)Nc2ccc(N3C=CCNc4c3ccc3ccccc43)cc2O)c1C. The highest BCUT2D eigenvalue weighted by Crippen LogP contribution is 2.40. The minimum absolute atomic E-state index is 0.0131. The maximum Gasteiger partial charge on any atom is 0.256 e. The summed E-state index contributed by atoms with van der Waals surface area (Å²) in [5.74, 6) is -0.228. The van der Waals surface area contributed by atoms with Crippen molar-refractivity contribution in [1.82, 2.24) is 0 Å². The molecule has 0 radical (unpaired) electrons. The lowest BCUT2D eigenvalue weighted by molar-refractivity contribution is 0.102. The molecule has 5 heteroatoms. The number of carbonyl (C=O) groups excluding carboxylic acids is 1. The summed E-state index contributed by atoms with van der Waals surface area (Å²) < 4.78 is 0. The molecule has 0 aromatic heterocycles. The number of phenolic OH excluding ortho intramolecular Hbond substituents is 1. The van der Waals surface area contributed by atoms with Crippen LogP contribution in [0.15, 0.2) is 85.1 Å². The van der Waals surface area contributed by atoms with Crippen molar-refractivity contribution in [2.45, 2.75) is 13.8 Å². The number of hydrogen-bond acceptors (Lipinski definition) is 4. The van der Waals surface area contributed by atoms with E-state index in [1.165, 1.54) is 0 Å². The molecule has 1 heterocycles. The van der Waals surface area contributed by atoms with Crippen LogP contribution in [-0.2, 0) is 0 Å². The van der Waals surface area contributed by atoms with E-state index in [2.05, 4.69) is 34.9 Å². The Labute approximate surface area is 193 Å². The number of nitrogens with zero attached hydrogens (tertiary/aromatic N) is 1. The van der Waals surface area contributed by atoms with Crippen LogP contribution in [0.1, 0.15) is 21.5 Å². The number of benzene rings is 4. The summed E-state index contributed by atoms with van der Waals surface area (Å²) in [6.45, 7) is 4.60. The molecular weight excluding hydrogens is 410 g/mol. The van der Waals surface area contributed by atoms with Gasteiger partial charge in [-0.05, 0) is 60.7 Å². The Balaban J connectivity index is 1.48. The smallest absolute Gasteiger partial charge is 0.256 e. The van der Waals surface area contributed by atoms with E-state index in [1.807, 2.05) is 61.4 Å². The average molecular weight is 436 g/mol. The summed E-state index contributed by atoms with van der Waals surface area (Å²) in [5, 5.41) is 19.4. The second kappa shape index (κ2) is 8.36. The van der Waals surface area contributed by atoms with Crippen LogP contribution in [0.3, 0.4) is 0 Å². The first-order chi connectivity index (χ1) is 16.0.